The van der Waals surface area contributed by atoms with Crippen molar-refractivity contribution in [2.45, 2.75) is 0 Å². The summed E-state index contributed by atoms with van der Waals surface area (Å²) in [5.41, 5.74) is 0. The van der Waals surface area contributed by atoms with Crippen molar-refractivity contribution < 1.29 is 19.5 Å². The highest BCUT2D eigenvalue weighted by Gasteiger charge is 2.19. The van der Waals surface area contributed by atoms with Crippen molar-refractivity contribution in [2.24, 2.45) is 0 Å². The van der Waals surface area contributed by atoms with Crippen LogP contribution in [0.25, 0.3) is 0 Å². The van der Waals surface area contributed by atoms with Crippen LogP contribution in [-0.4, -0.2) is 66.0 Å². The molecule has 0 bridgehead atoms. The first kappa shape index (κ1) is 13.2. The topological polar surface area (TPSA) is 90.0 Å². The third kappa shape index (κ3) is 4.64. The third-order valence-electron chi connectivity index (χ3n) is 2.40. The van der Waals surface area contributed by atoms with Crippen molar-refractivity contribution >= 4 is 17.9 Å². The summed E-state index contributed by atoms with van der Waals surface area (Å²) in [6.07, 6.45) is 1.50. The van der Waals surface area contributed by atoms with Gasteiger partial charge in [-0.15, -0.1) is 0 Å². The van der Waals surface area contributed by atoms with Crippen molar-refractivity contribution in [2.75, 3.05) is 33.2 Å². The number of aliphatic carboxylic acids is 1. The molecular weight excluding hydrogens is 226 g/mol. The zero-order valence-corrected chi connectivity index (χ0v) is 9.55. The Bertz CT molecular complexity index is 345. The number of rotatable bonds is 2. The second kappa shape index (κ2) is 6.00. The minimum atomic E-state index is -1.23. The molecule has 1 aliphatic heterocycles. The van der Waals surface area contributed by atoms with E-state index in [-0.39, 0.29) is 0 Å². The predicted molar refractivity (Wildman–Crippen MR) is 59.4 cm³/mol. The Hall–Kier alpha value is -1.89. The molecule has 0 spiro atoms. The first-order valence-corrected chi connectivity index (χ1v) is 5.18. The van der Waals surface area contributed by atoms with E-state index in [4.69, 9.17) is 5.11 Å². The van der Waals surface area contributed by atoms with Crippen molar-refractivity contribution in [1.29, 1.82) is 0 Å². The van der Waals surface area contributed by atoms with Crippen LogP contribution in [0.3, 0.4) is 0 Å². The van der Waals surface area contributed by atoms with Gasteiger partial charge in [0, 0.05) is 38.3 Å². The Labute approximate surface area is 98.7 Å². The van der Waals surface area contributed by atoms with Crippen molar-refractivity contribution in [3.63, 3.8) is 0 Å². The Balaban J connectivity index is 2.38. The van der Waals surface area contributed by atoms with Gasteiger partial charge in [-0.25, -0.2) is 9.59 Å². The predicted octanol–water partition coefficient (Wildman–Crippen LogP) is -0.889. The van der Waals surface area contributed by atoms with Crippen LogP contribution in [0.4, 0.5) is 4.79 Å². The van der Waals surface area contributed by atoms with Gasteiger partial charge in [0.25, 0.3) is 5.91 Å². The molecule has 2 N–H and O–H groups in total. The maximum atomic E-state index is 11.6. The molecule has 1 aliphatic rings. The normalized spacial score (nSPS) is 17.1. The van der Waals surface area contributed by atoms with Gasteiger partial charge in [-0.3, -0.25) is 10.1 Å². The van der Waals surface area contributed by atoms with Crippen LogP contribution in [0.5, 0.6) is 0 Å². The second-order valence-electron chi connectivity index (χ2n) is 3.76. The number of carboxylic acid groups (broad SMARTS) is 1. The van der Waals surface area contributed by atoms with Crippen LogP contribution >= 0.6 is 0 Å². The van der Waals surface area contributed by atoms with Gasteiger partial charge in [0.15, 0.2) is 0 Å². The fourth-order valence-corrected chi connectivity index (χ4v) is 1.38. The molecular formula is C10H15N3O4. The molecule has 1 saturated heterocycles. The van der Waals surface area contributed by atoms with Gasteiger partial charge in [0.2, 0.25) is 0 Å². The van der Waals surface area contributed by atoms with E-state index in [0.717, 1.165) is 19.2 Å². The van der Waals surface area contributed by atoms with E-state index in [1.807, 2.05) is 7.05 Å². The van der Waals surface area contributed by atoms with E-state index in [1.54, 1.807) is 0 Å². The molecule has 1 rings (SSSR count). The number of hydrogen-bond acceptors (Lipinski definition) is 4. The molecule has 0 aromatic rings. The number of carbonyl (C=O) groups is 3. The standard InChI is InChI=1S/C10H15N3O4/c1-12-4-6-13(7-5-12)10(17)11-8(14)2-3-9(15)16/h2-3H,4-7H2,1H3,(H,15,16)(H,11,14,17)/b3-2+. The molecule has 1 heterocycles. The Morgan fingerprint density at radius 2 is 1.71 bits per heavy atom. The first-order chi connectivity index (χ1) is 7.99. The summed E-state index contributed by atoms with van der Waals surface area (Å²) >= 11 is 0. The number of nitrogens with one attached hydrogen (secondary N) is 1. The Morgan fingerprint density at radius 1 is 1.12 bits per heavy atom. The number of nitrogens with zero attached hydrogens (tertiary/aromatic N) is 2. The lowest BCUT2D eigenvalue weighted by molar-refractivity contribution is -0.131. The van der Waals surface area contributed by atoms with Crippen LogP contribution in [0, 0.1) is 0 Å². The SMILES string of the molecule is CN1CCN(C(=O)NC(=O)/C=C/C(=O)O)CC1. The maximum Gasteiger partial charge on any atom is 0.328 e. The summed E-state index contributed by atoms with van der Waals surface area (Å²) < 4.78 is 0. The van der Waals surface area contributed by atoms with Crippen molar-refractivity contribution in [3.05, 3.63) is 12.2 Å². The molecule has 0 aliphatic carbocycles. The monoisotopic (exact) mass is 241 g/mol. The number of carboxylic acids is 1. The quantitative estimate of drug-likeness (QED) is 0.612. The van der Waals surface area contributed by atoms with E-state index < -0.39 is 17.9 Å². The largest absolute Gasteiger partial charge is 0.478 e. The number of piperazine rings is 1. The highest BCUT2D eigenvalue weighted by Crippen LogP contribution is 1.99. The lowest BCUT2D eigenvalue weighted by atomic mass is 10.3. The number of imide groups is 1. The molecule has 0 radical (unpaired) electrons. The van der Waals surface area contributed by atoms with E-state index in [2.05, 4.69) is 10.2 Å². The van der Waals surface area contributed by atoms with Crippen LogP contribution in [0.2, 0.25) is 0 Å². The zero-order valence-electron chi connectivity index (χ0n) is 9.55. The molecule has 3 amide bonds. The molecule has 7 nitrogen and oxygen atoms in total. The minimum Gasteiger partial charge on any atom is -0.478 e. The molecule has 0 atom stereocenters. The molecule has 0 saturated carbocycles. The summed E-state index contributed by atoms with van der Waals surface area (Å²) in [5, 5.41) is 10.4. The molecule has 94 valence electrons. The van der Waals surface area contributed by atoms with E-state index in [0.29, 0.717) is 19.2 Å². The lowest BCUT2D eigenvalue weighted by Crippen LogP contribution is -2.51. The van der Waals surface area contributed by atoms with Gasteiger partial charge < -0.3 is 14.9 Å². The fraction of sp³-hybridized carbons (Fsp3) is 0.500. The molecule has 0 aromatic heterocycles. The third-order valence-corrected chi connectivity index (χ3v) is 2.40. The van der Waals surface area contributed by atoms with Crippen LogP contribution in [0.1, 0.15) is 0 Å². The first-order valence-electron chi connectivity index (χ1n) is 5.18. The fourth-order valence-electron chi connectivity index (χ4n) is 1.38. The van der Waals surface area contributed by atoms with Gasteiger partial charge in [0.1, 0.15) is 0 Å². The highest BCUT2D eigenvalue weighted by atomic mass is 16.4. The molecule has 7 heteroatoms. The molecule has 0 aromatic carbocycles. The Morgan fingerprint density at radius 3 is 2.24 bits per heavy atom. The van der Waals surface area contributed by atoms with Gasteiger partial charge in [0.05, 0.1) is 0 Å². The summed E-state index contributed by atoms with van der Waals surface area (Å²) in [4.78, 5) is 36.5. The molecule has 1 fully saturated rings. The van der Waals surface area contributed by atoms with Gasteiger partial charge in [-0.1, -0.05) is 0 Å². The maximum absolute atomic E-state index is 11.6. The van der Waals surface area contributed by atoms with Gasteiger partial charge >= 0.3 is 12.0 Å². The summed E-state index contributed by atoms with van der Waals surface area (Å²) in [5.74, 6) is -1.96. The minimum absolute atomic E-state index is 0.488. The molecule has 17 heavy (non-hydrogen) atoms. The molecule has 0 unspecified atom stereocenters. The average Bonchev–Trinajstić information content (AvgIpc) is 2.27. The lowest BCUT2D eigenvalue weighted by Gasteiger charge is -2.31. The summed E-state index contributed by atoms with van der Waals surface area (Å²) in [6, 6.07) is -0.488. The van der Waals surface area contributed by atoms with Crippen LogP contribution in [0.15, 0.2) is 12.2 Å². The van der Waals surface area contributed by atoms with E-state index in [9.17, 15) is 14.4 Å². The zero-order chi connectivity index (χ0) is 12.8. The van der Waals surface area contributed by atoms with Crippen molar-refractivity contribution in [1.82, 2.24) is 15.1 Å². The summed E-state index contributed by atoms with van der Waals surface area (Å²) in [6.45, 7) is 2.62. The highest BCUT2D eigenvalue weighted by molar-refractivity contribution is 6.02. The second-order valence-corrected chi connectivity index (χ2v) is 3.76. The Kier molecular flexibility index (Phi) is 4.65. The van der Waals surface area contributed by atoms with Crippen LogP contribution in [-0.2, 0) is 9.59 Å². The van der Waals surface area contributed by atoms with E-state index >= 15 is 0 Å². The number of carbonyl (C=O) groups excluding carboxylic acids is 2. The number of amides is 3. The van der Waals surface area contributed by atoms with Gasteiger partial charge in [-0.2, -0.15) is 0 Å². The number of hydrogen-bond donors (Lipinski definition) is 2. The van der Waals surface area contributed by atoms with E-state index in [1.165, 1.54) is 4.90 Å². The van der Waals surface area contributed by atoms with Crippen molar-refractivity contribution in [3.8, 4) is 0 Å². The number of urea groups is 1. The smallest absolute Gasteiger partial charge is 0.328 e. The number of likely N-dealkylation sites (N-methyl/N-ethyl adjacent to an activating group) is 1. The van der Waals surface area contributed by atoms with Crippen LogP contribution < -0.4 is 5.32 Å². The average molecular weight is 241 g/mol. The summed E-state index contributed by atoms with van der Waals surface area (Å²) in [7, 11) is 1.95. The van der Waals surface area contributed by atoms with Gasteiger partial charge in [-0.05, 0) is 7.05 Å².